The van der Waals surface area contributed by atoms with Crippen molar-refractivity contribution >= 4 is 17.8 Å². The zero-order chi connectivity index (χ0) is 18.0. The summed E-state index contributed by atoms with van der Waals surface area (Å²) in [6, 6.07) is 8.76. The van der Waals surface area contributed by atoms with Gasteiger partial charge in [0.2, 0.25) is 11.8 Å². The number of carboxylic acids is 1. The third-order valence-electron chi connectivity index (χ3n) is 4.87. The first-order chi connectivity index (χ1) is 12.0. The van der Waals surface area contributed by atoms with E-state index >= 15 is 0 Å². The molecule has 0 radical (unpaired) electrons. The van der Waals surface area contributed by atoms with E-state index in [2.05, 4.69) is 0 Å². The van der Waals surface area contributed by atoms with Gasteiger partial charge in [-0.3, -0.25) is 14.4 Å². The fourth-order valence-corrected chi connectivity index (χ4v) is 3.44. The van der Waals surface area contributed by atoms with Crippen LogP contribution in [0.2, 0.25) is 0 Å². The van der Waals surface area contributed by atoms with Gasteiger partial charge in [0.15, 0.2) is 0 Å². The molecule has 1 aromatic rings. The molecule has 2 amide bonds. The minimum atomic E-state index is -0.888. The largest absolute Gasteiger partial charge is 0.481 e. The third-order valence-corrected chi connectivity index (χ3v) is 4.87. The molecule has 1 unspecified atom stereocenters. The van der Waals surface area contributed by atoms with Crippen LogP contribution in [0.5, 0.6) is 0 Å². The predicted octanol–water partition coefficient (Wildman–Crippen LogP) is 0.736. The quantitative estimate of drug-likeness (QED) is 0.869. The Morgan fingerprint density at radius 2 is 2.00 bits per heavy atom. The molecule has 2 aliphatic heterocycles. The van der Waals surface area contributed by atoms with Crippen molar-refractivity contribution in [3.8, 4) is 0 Å². The third kappa shape index (κ3) is 3.66. The molecule has 1 aromatic carbocycles. The Labute approximate surface area is 146 Å². The van der Waals surface area contributed by atoms with Crippen molar-refractivity contribution < 1.29 is 24.2 Å². The normalized spacial score (nSPS) is 26.8. The van der Waals surface area contributed by atoms with Crippen molar-refractivity contribution in [1.82, 2.24) is 9.80 Å². The summed E-state index contributed by atoms with van der Waals surface area (Å²) in [6.07, 6.45) is 0.00754. The lowest BCUT2D eigenvalue weighted by molar-refractivity contribution is -0.167. The molecule has 0 spiro atoms. The van der Waals surface area contributed by atoms with Gasteiger partial charge in [-0.25, -0.2) is 0 Å². The summed E-state index contributed by atoms with van der Waals surface area (Å²) in [6.45, 7) is 2.64. The molecule has 3 rings (SSSR count). The average Bonchev–Trinajstić information content (AvgIpc) is 3.09. The molecule has 1 N–H and O–H groups in total. The Balaban J connectivity index is 1.78. The number of aliphatic carboxylic acids is 1. The number of hydrogen-bond donors (Lipinski definition) is 1. The number of benzene rings is 1. The second kappa shape index (κ2) is 7.23. The summed E-state index contributed by atoms with van der Waals surface area (Å²) in [7, 11) is 0. The molecule has 7 heteroatoms. The summed E-state index contributed by atoms with van der Waals surface area (Å²) in [5.74, 6) is -1.89. The summed E-state index contributed by atoms with van der Waals surface area (Å²) in [5, 5.41) is 9.14. The first-order valence-corrected chi connectivity index (χ1v) is 8.44. The molecule has 0 aromatic heterocycles. The summed E-state index contributed by atoms with van der Waals surface area (Å²) in [5.41, 5.74) is 0.938. The molecule has 2 heterocycles. The predicted molar refractivity (Wildman–Crippen MR) is 88.5 cm³/mol. The molecule has 3 atom stereocenters. The van der Waals surface area contributed by atoms with E-state index in [9.17, 15) is 14.4 Å². The molecule has 2 aliphatic rings. The minimum absolute atomic E-state index is 0.0461. The van der Waals surface area contributed by atoms with E-state index in [4.69, 9.17) is 9.84 Å². The van der Waals surface area contributed by atoms with Crippen LogP contribution in [0.1, 0.15) is 18.9 Å². The van der Waals surface area contributed by atoms with E-state index in [0.717, 1.165) is 5.56 Å². The van der Waals surface area contributed by atoms with E-state index in [1.807, 2.05) is 30.3 Å². The molecule has 134 valence electrons. The standard InChI is InChI=1S/C18H22N2O5/c1-12-16(17(22)19-8-7-14(10-19)18(23)24)20(15(21)11-25-12)9-13-5-3-2-4-6-13/h2-6,12,14,16H,7-11H2,1H3,(H,23,24)/t12-,14?,16+/m1/s1. The van der Waals surface area contributed by atoms with Crippen LogP contribution in [0.4, 0.5) is 0 Å². The first kappa shape index (κ1) is 17.4. The van der Waals surface area contributed by atoms with Crippen LogP contribution in [-0.4, -0.2) is 64.5 Å². The molecule has 2 saturated heterocycles. The van der Waals surface area contributed by atoms with E-state index in [0.29, 0.717) is 19.5 Å². The number of likely N-dealkylation sites (tertiary alicyclic amines) is 1. The van der Waals surface area contributed by atoms with Gasteiger partial charge in [-0.05, 0) is 18.9 Å². The van der Waals surface area contributed by atoms with Gasteiger partial charge < -0.3 is 19.6 Å². The van der Waals surface area contributed by atoms with Crippen molar-refractivity contribution in [3.05, 3.63) is 35.9 Å². The van der Waals surface area contributed by atoms with Crippen molar-refractivity contribution in [2.45, 2.75) is 32.0 Å². The highest BCUT2D eigenvalue weighted by Crippen LogP contribution is 2.24. The smallest absolute Gasteiger partial charge is 0.308 e. The lowest BCUT2D eigenvalue weighted by Crippen LogP contribution is -2.59. The Hall–Kier alpha value is -2.41. The number of hydrogen-bond acceptors (Lipinski definition) is 4. The van der Waals surface area contributed by atoms with E-state index in [1.54, 1.807) is 16.7 Å². The van der Waals surface area contributed by atoms with Gasteiger partial charge in [0.1, 0.15) is 12.6 Å². The number of nitrogens with zero attached hydrogens (tertiary/aromatic N) is 2. The maximum atomic E-state index is 13.0. The first-order valence-electron chi connectivity index (χ1n) is 8.44. The zero-order valence-corrected chi connectivity index (χ0v) is 14.1. The van der Waals surface area contributed by atoms with E-state index < -0.39 is 24.0 Å². The topological polar surface area (TPSA) is 87.2 Å². The van der Waals surface area contributed by atoms with E-state index in [-0.39, 0.29) is 25.0 Å². The second-order valence-corrected chi connectivity index (χ2v) is 6.58. The number of carboxylic acid groups (broad SMARTS) is 1. The van der Waals surface area contributed by atoms with Crippen LogP contribution in [0.3, 0.4) is 0 Å². The highest BCUT2D eigenvalue weighted by molar-refractivity contribution is 5.90. The second-order valence-electron chi connectivity index (χ2n) is 6.58. The van der Waals surface area contributed by atoms with Gasteiger partial charge in [0.05, 0.1) is 12.0 Å². The van der Waals surface area contributed by atoms with Crippen molar-refractivity contribution in [2.24, 2.45) is 5.92 Å². The Morgan fingerprint density at radius 1 is 1.28 bits per heavy atom. The Bertz CT molecular complexity index is 663. The number of carbonyl (C=O) groups excluding carboxylic acids is 2. The number of morpholine rings is 1. The van der Waals surface area contributed by atoms with Gasteiger partial charge in [-0.1, -0.05) is 30.3 Å². The van der Waals surface area contributed by atoms with Crippen molar-refractivity contribution in [2.75, 3.05) is 19.7 Å². The number of carbonyl (C=O) groups is 3. The van der Waals surface area contributed by atoms with Crippen LogP contribution in [-0.2, 0) is 25.7 Å². The molecule has 25 heavy (non-hydrogen) atoms. The summed E-state index contributed by atoms with van der Waals surface area (Å²) >= 11 is 0. The molecule has 0 bridgehead atoms. The average molecular weight is 346 g/mol. The molecule has 0 aliphatic carbocycles. The minimum Gasteiger partial charge on any atom is -0.481 e. The Morgan fingerprint density at radius 3 is 2.64 bits per heavy atom. The Kier molecular flexibility index (Phi) is 5.03. The zero-order valence-electron chi connectivity index (χ0n) is 14.1. The highest BCUT2D eigenvalue weighted by atomic mass is 16.5. The highest BCUT2D eigenvalue weighted by Gasteiger charge is 2.43. The van der Waals surface area contributed by atoms with Gasteiger partial charge in [0, 0.05) is 19.6 Å². The fraction of sp³-hybridized carbons (Fsp3) is 0.500. The van der Waals surface area contributed by atoms with Crippen LogP contribution < -0.4 is 0 Å². The molecule has 7 nitrogen and oxygen atoms in total. The fourth-order valence-electron chi connectivity index (χ4n) is 3.44. The molecular weight excluding hydrogens is 324 g/mol. The lowest BCUT2D eigenvalue weighted by atomic mass is 10.0. The van der Waals surface area contributed by atoms with Gasteiger partial charge >= 0.3 is 5.97 Å². The summed E-state index contributed by atoms with van der Waals surface area (Å²) < 4.78 is 5.47. The SMILES string of the molecule is C[C@H]1OCC(=O)N(Cc2ccccc2)[C@@H]1C(=O)N1CCC(C(=O)O)C1. The molecule has 0 saturated carbocycles. The molecular formula is C18H22N2O5. The number of rotatable bonds is 4. The van der Waals surface area contributed by atoms with E-state index in [1.165, 1.54) is 0 Å². The van der Waals surface area contributed by atoms with Crippen LogP contribution in [0.25, 0.3) is 0 Å². The van der Waals surface area contributed by atoms with Crippen LogP contribution in [0, 0.1) is 5.92 Å². The van der Waals surface area contributed by atoms with Crippen LogP contribution >= 0.6 is 0 Å². The van der Waals surface area contributed by atoms with Gasteiger partial charge in [-0.2, -0.15) is 0 Å². The number of ether oxygens (including phenoxy) is 1. The summed E-state index contributed by atoms with van der Waals surface area (Å²) in [4.78, 5) is 39.6. The van der Waals surface area contributed by atoms with Crippen LogP contribution in [0.15, 0.2) is 30.3 Å². The monoisotopic (exact) mass is 346 g/mol. The van der Waals surface area contributed by atoms with Gasteiger partial charge in [0.25, 0.3) is 0 Å². The maximum Gasteiger partial charge on any atom is 0.308 e. The molecule has 2 fully saturated rings. The maximum absolute atomic E-state index is 13.0. The van der Waals surface area contributed by atoms with Gasteiger partial charge in [-0.15, -0.1) is 0 Å². The number of amides is 2. The lowest BCUT2D eigenvalue weighted by Gasteiger charge is -2.40. The van der Waals surface area contributed by atoms with Crippen molar-refractivity contribution in [3.63, 3.8) is 0 Å². The van der Waals surface area contributed by atoms with Crippen molar-refractivity contribution in [1.29, 1.82) is 0 Å².